The number of carboxylic acids is 1. The Morgan fingerprint density at radius 3 is 2.57 bits per heavy atom. The standard InChI is InChI=1S/C16H14ClNO4S/c17-14-7-5-12(16(19)20)9-15(14)23(21,22)18-13-6-4-10-2-1-3-11(10)8-13/h4-9,18H,1-3H2,(H,19,20). The third-order valence-electron chi connectivity index (χ3n) is 3.82. The van der Waals surface area contributed by atoms with Gasteiger partial charge in [-0.25, -0.2) is 13.2 Å². The van der Waals surface area contributed by atoms with Gasteiger partial charge in [-0.1, -0.05) is 17.7 Å². The van der Waals surface area contributed by atoms with Gasteiger partial charge in [0.05, 0.1) is 10.6 Å². The number of aryl methyl sites for hydroxylation is 2. The number of benzene rings is 2. The van der Waals surface area contributed by atoms with Crippen molar-refractivity contribution < 1.29 is 18.3 Å². The molecule has 2 aromatic rings. The van der Waals surface area contributed by atoms with E-state index >= 15 is 0 Å². The van der Waals surface area contributed by atoms with E-state index in [-0.39, 0.29) is 15.5 Å². The molecule has 0 aromatic heterocycles. The lowest BCUT2D eigenvalue weighted by Gasteiger charge is -2.11. The topological polar surface area (TPSA) is 83.5 Å². The molecule has 1 aliphatic rings. The van der Waals surface area contributed by atoms with Gasteiger partial charge in [0.25, 0.3) is 10.0 Å². The fourth-order valence-electron chi connectivity index (χ4n) is 2.69. The average Bonchev–Trinajstić information content (AvgIpc) is 2.94. The van der Waals surface area contributed by atoms with E-state index in [1.807, 2.05) is 12.1 Å². The maximum absolute atomic E-state index is 12.5. The van der Waals surface area contributed by atoms with Crippen LogP contribution in [0.3, 0.4) is 0 Å². The summed E-state index contributed by atoms with van der Waals surface area (Å²) in [5.74, 6) is -1.21. The second-order valence-corrected chi connectivity index (χ2v) is 7.45. The molecule has 0 radical (unpaired) electrons. The number of hydrogen-bond acceptors (Lipinski definition) is 3. The van der Waals surface area contributed by atoms with Crippen LogP contribution in [0.15, 0.2) is 41.3 Å². The van der Waals surface area contributed by atoms with E-state index in [0.717, 1.165) is 30.9 Å². The van der Waals surface area contributed by atoms with Gasteiger partial charge in [0.2, 0.25) is 0 Å². The molecular weight excluding hydrogens is 338 g/mol. The molecule has 0 atom stereocenters. The van der Waals surface area contributed by atoms with Crippen LogP contribution in [0.4, 0.5) is 5.69 Å². The van der Waals surface area contributed by atoms with Crippen LogP contribution in [0.5, 0.6) is 0 Å². The lowest BCUT2D eigenvalue weighted by Crippen LogP contribution is -2.14. The fourth-order valence-corrected chi connectivity index (χ4v) is 4.26. The largest absolute Gasteiger partial charge is 0.478 e. The molecule has 0 amide bonds. The third kappa shape index (κ3) is 3.18. The van der Waals surface area contributed by atoms with Crippen molar-refractivity contribution in [3.05, 3.63) is 58.1 Å². The Morgan fingerprint density at radius 2 is 1.83 bits per heavy atom. The van der Waals surface area contributed by atoms with E-state index in [1.54, 1.807) is 6.07 Å². The minimum atomic E-state index is -3.96. The summed E-state index contributed by atoms with van der Waals surface area (Å²) in [4.78, 5) is 10.8. The van der Waals surface area contributed by atoms with Gasteiger partial charge in [0, 0.05) is 5.69 Å². The Hall–Kier alpha value is -2.05. The number of rotatable bonds is 4. The van der Waals surface area contributed by atoms with Crippen LogP contribution in [0.25, 0.3) is 0 Å². The summed E-state index contributed by atoms with van der Waals surface area (Å²) in [6.45, 7) is 0. The SMILES string of the molecule is O=C(O)c1ccc(Cl)c(S(=O)(=O)Nc2ccc3c(c2)CCC3)c1. The van der Waals surface area contributed by atoms with Gasteiger partial charge in [0.15, 0.2) is 0 Å². The van der Waals surface area contributed by atoms with Gasteiger partial charge in [0.1, 0.15) is 4.90 Å². The van der Waals surface area contributed by atoms with Crippen LogP contribution in [-0.4, -0.2) is 19.5 Å². The highest BCUT2D eigenvalue weighted by atomic mass is 35.5. The van der Waals surface area contributed by atoms with E-state index in [1.165, 1.54) is 17.7 Å². The molecule has 7 heteroatoms. The summed E-state index contributed by atoms with van der Waals surface area (Å²) in [5.41, 5.74) is 2.68. The molecule has 0 saturated heterocycles. The first-order chi connectivity index (χ1) is 10.9. The van der Waals surface area contributed by atoms with E-state index in [2.05, 4.69) is 4.72 Å². The highest BCUT2D eigenvalue weighted by Crippen LogP contribution is 2.28. The molecule has 23 heavy (non-hydrogen) atoms. The van der Waals surface area contributed by atoms with E-state index in [0.29, 0.717) is 5.69 Å². The van der Waals surface area contributed by atoms with Gasteiger partial charge >= 0.3 is 5.97 Å². The van der Waals surface area contributed by atoms with Gasteiger partial charge in [-0.05, 0) is 60.7 Å². The van der Waals surface area contributed by atoms with Crippen molar-refractivity contribution in [1.29, 1.82) is 0 Å². The normalized spacial score (nSPS) is 13.6. The molecule has 2 N–H and O–H groups in total. The predicted octanol–water partition coefficient (Wildman–Crippen LogP) is 3.33. The van der Waals surface area contributed by atoms with E-state index in [4.69, 9.17) is 16.7 Å². The number of halogens is 1. The smallest absolute Gasteiger partial charge is 0.335 e. The molecule has 0 heterocycles. The predicted molar refractivity (Wildman–Crippen MR) is 87.7 cm³/mol. The zero-order valence-electron chi connectivity index (χ0n) is 12.0. The molecule has 0 fully saturated rings. The summed E-state index contributed by atoms with van der Waals surface area (Å²) in [5, 5.41) is 8.98. The lowest BCUT2D eigenvalue weighted by molar-refractivity contribution is 0.0696. The van der Waals surface area contributed by atoms with Crippen molar-refractivity contribution >= 4 is 33.3 Å². The molecule has 0 spiro atoms. The average molecular weight is 352 g/mol. The number of anilines is 1. The van der Waals surface area contributed by atoms with Crippen LogP contribution >= 0.6 is 11.6 Å². The molecule has 3 rings (SSSR count). The molecule has 1 aliphatic carbocycles. The van der Waals surface area contributed by atoms with Crippen LogP contribution < -0.4 is 4.72 Å². The number of aromatic carboxylic acids is 1. The highest BCUT2D eigenvalue weighted by Gasteiger charge is 2.21. The first-order valence-corrected chi connectivity index (χ1v) is 8.90. The van der Waals surface area contributed by atoms with Gasteiger partial charge in [-0.2, -0.15) is 0 Å². The van der Waals surface area contributed by atoms with E-state index < -0.39 is 16.0 Å². The molecule has 0 bridgehead atoms. The second-order valence-electron chi connectivity index (χ2n) is 5.39. The maximum Gasteiger partial charge on any atom is 0.335 e. The summed E-state index contributed by atoms with van der Waals surface area (Å²) in [6.07, 6.45) is 3.01. The van der Waals surface area contributed by atoms with Crippen molar-refractivity contribution in [3.8, 4) is 0 Å². The van der Waals surface area contributed by atoms with Gasteiger partial charge in [-0.3, -0.25) is 4.72 Å². The number of sulfonamides is 1. The highest BCUT2D eigenvalue weighted by molar-refractivity contribution is 7.92. The zero-order valence-corrected chi connectivity index (χ0v) is 13.6. The van der Waals surface area contributed by atoms with Gasteiger partial charge in [-0.15, -0.1) is 0 Å². The Kier molecular flexibility index (Phi) is 4.04. The van der Waals surface area contributed by atoms with Crippen LogP contribution in [0, 0.1) is 0 Å². The summed E-state index contributed by atoms with van der Waals surface area (Å²) >= 11 is 5.93. The molecule has 120 valence electrons. The molecule has 2 aromatic carbocycles. The Labute approximate surface area is 139 Å². The maximum atomic E-state index is 12.5. The summed E-state index contributed by atoms with van der Waals surface area (Å²) in [6, 6.07) is 9.02. The quantitative estimate of drug-likeness (QED) is 0.885. The van der Waals surface area contributed by atoms with Crippen LogP contribution in [-0.2, 0) is 22.9 Å². The summed E-state index contributed by atoms with van der Waals surface area (Å²) in [7, 11) is -3.96. The minimum absolute atomic E-state index is 0.0244. The molecule has 5 nitrogen and oxygen atoms in total. The van der Waals surface area contributed by atoms with Crippen molar-refractivity contribution in [2.75, 3.05) is 4.72 Å². The number of carbonyl (C=O) groups is 1. The molecule has 0 unspecified atom stereocenters. The molecular formula is C16H14ClNO4S. The number of fused-ring (bicyclic) bond motifs is 1. The monoisotopic (exact) mass is 351 g/mol. The first-order valence-electron chi connectivity index (χ1n) is 7.04. The van der Waals surface area contributed by atoms with Crippen molar-refractivity contribution in [2.45, 2.75) is 24.2 Å². The Balaban J connectivity index is 1.96. The second kappa shape index (κ2) is 5.86. The third-order valence-corrected chi connectivity index (χ3v) is 5.68. The zero-order chi connectivity index (χ0) is 16.6. The number of carboxylic acid groups (broad SMARTS) is 1. The van der Waals surface area contributed by atoms with Crippen molar-refractivity contribution in [3.63, 3.8) is 0 Å². The Bertz CT molecular complexity index is 893. The number of nitrogens with one attached hydrogen (secondary N) is 1. The first kappa shape index (κ1) is 15.8. The molecule has 0 saturated carbocycles. The van der Waals surface area contributed by atoms with Gasteiger partial charge < -0.3 is 5.11 Å². The minimum Gasteiger partial charge on any atom is -0.478 e. The van der Waals surface area contributed by atoms with Crippen LogP contribution in [0.1, 0.15) is 27.9 Å². The molecule has 0 aliphatic heterocycles. The summed E-state index contributed by atoms with van der Waals surface area (Å²) < 4.78 is 27.5. The fraction of sp³-hybridized carbons (Fsp3) is 0.188. The number of hydrogen-bond donors (Lipinski definition) is 2. The van der Waals surface area contributed by atoms with Crippen LogP contribution in [0.2, 0.25) is 5.02 Å². The van der Waals surface area contributed by atoms with Crippen molar-refractivity contribution in [1.82, 2.24) is 0 Å². The Morgan fingerprint density at radius 1 is 1.09 bits per heavy atom. The van der Waals surface area contributed by atoms with E-state index in [9.17, 15) is 13.2 Å². The van der Waals surface area contributed by atoms with Crippen molar-refractivity contribution in [2.24, 2.45) is 0 Å². The lowest BCUT2D eigenvalue weighted by atomic mass is 10.1.